The smallest absolute Gasteiger partial charge is 0.244 e. The predicted octanol–water partition coefficient (Wildman–Crippen LogP) is 4.40. The molecule has 2 amide bonds. The van der Waals surface area contributed by atoms with Crippen molar-refractivity contribution in [3.8, 4) is 11.5 Å². The lowest BCUT2D eigenvalue weighted by molar-refractivity contribution is -0.134. The van der Waals surface area contributed by atoms with E-state index in [9.17, 15) is 9.59 Å². The fraction of sp³-hybridized carbons (Fsp3) is 0.357. The van der Waals surface area contributed by atoms with Gasteiger partial charge in [0.15, 0.2) is 11.5 Å². The summed E-state index contributed by atoms with van der Waals surface area (Å²) in [5.41, 5.74) is 1.70. The Balaban J connectivity index is 1.43. The molecule has 190 valence electrons. The number of benzene rings is 2. The van der Waals surface area contributed by atoms with E-state index in [0.29, 0.717) is 24.7 Å². The number of hydrogen-bond acceptors (Lipinski definition) is 6. The maximum Gasteiger partial charge on any atom is 0.244 e. The molecular formula is C28H33N3O5. The number of furan rings is 1. The molecule has 2 heterocycles. The first-order valence-corrected chi connectivity index (χ1v) is 12.3. The third-order valence-electron chi connectivity index (χ3n) is 5.94. The van der Waals surface area contributed by atoms with E-state index in [1.165, 1.54) is 4.90 Å². The van der Waals surface area contributed by atoms with Crippen molar-refractivity contribution in [2.24, 2.45) is 5.92 Å². The van der Waals surface area contributed by atoms with Gasteiger partial charge in [0.2, 0.25) is 11.8 Å². The van der Waals surface area contributed by atoms with Crippen molar-refractivity contribution in [3.63, 3.8) is 0 Å². The summed E-state index contributed by atoms with van der Waals surface area (Å²) in [4.78, 5) is 27.5. The van der Waals surface area contributed by atoms with Crippen molar-refractivity contribution in [2.75, 3.05) is 31.6 Å². The number of hydrogen-bond donors (Lipinski definition) is 2. The van der Waals surface area contributed by atoms with Crippen molar-refractivity contribution in [1.29, 1.82) is 0 Å². The highest BCUT2D eigenvalue weighted by Gasteiger charge is 2.23. The van der Waals surface area contributed by atoms with Gasteiger partial charge in [0.05, 0.1) is 32.6 Å². The molecule has 0 saturated heterocycles. The molecule has 0 aliphatic carbocycles. The molecule has 1 aromatic heterocycles. The normalized spacial score (nSPS) is 13.6. The van der Waals surface area contributed by atoms with Gasteiger partial charge in [-0.1, -0.05) is 38.1 Å². The Morgan fingerprint density at radius 2 is 1.75 bits per heavy atom. The van der Waals surface area contributed by atoms with Gasteiger partial charge in [-0.25, -0.2) is 0 Å². The summed E-state index contributed by atoms with van der Waals surface area (Å²) in [5, 5.41) is 6.23. The van der Waals surface area contributed by atoms with Crippen LogP contribution in [-0.4, -0.2) is 43.0 Å². The Kier molecular flexibility index (Phi) is 8.62. The van der Waals surface area contributed by atoms with E-state index in [1.807, 2.05) is 36.4 Å². The van der Waals surface area contributed by atoms with Crippen molar-refractivity contribution in [3.05, 3.63) is 78.3 Å². The lowest BCUT2D eigenvalue weighted by Crippen LogP contribution is -2.43. The second-order valence-electron chi connectivity index (χ2n) is 9.10. The SMILES string of the molecule is CC(C)C(NCC(=O)N(CC(=O)Nc1ccccc1)Cc1ccco1)c1ccc2c(c1)OCCCO2. The van der Waals surface area contributed by atoms with E-state index in [0.717, 1.165) is 23.5 Å². The number of ether oxygens (including phenoxy) is 2. The number of carbonyl (C=O) groups is 2. The number of para-hydroxylation sites is 1. The van der Waals surface area contributed by atoms with Crippen molar-refractivity contribution >= 4 is 17.5 Å². The van der Waals surface area contributed by atoms with Gasteiger partial charge in [0.1, 0.15) is 12.3 Å². The van der Waals surface area contributed by atoms with Gasteiger partial charge in [-0.05, 0) is 47.9 Å². The van der Waals surface area contributed by atoms with Crippen molar-refractivity contribution < 1.29 is 23.5 Å². The highest BCUT2D eigenvalue weighted by atomic mass is 16.5. The maximum absolute atomic E-state index is 13.3. The fourth-order valence-electron chi connectivity index (χ4n) is 4.14. The van der Waals surface area contributed by atoms with Crippen LogP contribution in [0.1, 0.15) is 37.6 Å². The molecule has 0 fully saturated rings. The van der Waals surface area contributed by atoms with E-state index < -0.39 is 0 Å². The van der Waals surface area contributed by atoms with E-state index in [4.69, 9.17) is 13.9 Å². The zero-order valence-electron chi connectivity index (χ0n) is 20.7. The quantitative estimate of drug-likeness (QED) is 0.437. The summed E-state index contributed by atoms with van der Waals surface area (Å²) in [5.74, 6) is 1.81. The van der Waals surface area contributed by atoms with Crippen LogP contribution < -0.4 is 20.1 Å². The van der Waals surface area contributed by atoms with Crippen LogP contribution in [0.2, 0.25) is 0 Å². The van der Waals surface area contributed by atoms with Crippen LogP contribution in [0.5, 0.6) is 11.5 Å². The molecule has 0 radical (unpaired) electrons. The van der Waals surface area contributed by atoms with Gasteiger partial charge < -0.3 is 29.4 Å². The molecule has 1 atom stereocenters. The molecule has 0 bridgehead atoms. The van der Waals surface area contributed by atoms with Gasteiger partial charge >= 0.3 is 0 Å². The highest BCUT2D eigenvalue weighted by molar-refractivity contribution is 5.94. The molecule has 8 heteroatoms. The molecule has 0 spiro atoms. The Morgan fingerprint density at radius 3 is 2.47 bits per heavy atom. The molecule has 1 aliphatic heterocycles. The summed E-state index contributed by atoms with van der Waals surface area (Å²) < 4.78 is 17.0. The van der Waals surface area contributed by atoms with Crippen LogP contribution in [0.4, 0.5) is 5.69 Å². The standard InChI is InChI=1S/C28H33N3O5/c1-20(2)28(21-11-12-24-25(16-21)36-15-7-14-35-24)29-17-27(33)31(18-23-10-6-13-34-23)19-26(32)30-22-8-4-3-5-9-22/h3-6,8-13,16,20,28-29H,7,14-15,17-19H2,1-2H3,(H,30,32). The molecule has 2 aromatic carbocycles. The zero-order valence-corrected chi connectivity index (χ0v) is 20.7. The second kappa shape index (κ2) is 12.3. The molecule has 1 unspecified atom stereocenters. The Hall–Kier alpha value is -3.78. The molecule has 8 nitrogen and oxygen atoms in total. The second-order valence-corrected chi connectivity index (χ2v) is 9.10. The number of rotatable bonds is 10. The van der Waals surface area contributed by atoms with Crippen LogP contribution in [0.3, 0.4) is 0 Å². The molecule has 36 heavy (non-hydrogen) atoms. The van der Waals surface area contributed by atoms with Crippen LogP contribution in [0.25, 0.3) is 0 Å². The van der Waals surface area contributed by atoms with Gasteiger partial charge in [-0.2, -0.15) is 0 Å². The minimum Gasteiger partial charge on any atom is -0.490 e. The topological polar surface area (TPSA) is 93.0 Å². The lowest BCUT2D eigenvalue weighted by Gasteiger charge is -2.26. The predicted molar refractivity (Wildman–Crippen MR) is 137 cm³/mol. The van der Waals surface area contributed by atoms with E-state index in [-0.39, 0.29) is 43.4 Å². The number of carbonyl (C=O) groups excluding carboxylic acids is 2. The van der Waals surface area contributed by atoms with Crippen molar-refractivity contribution in [1.82, 2.24) is 10.2 Å². The van der Waals surface area contributed by atoms with Gasteiger partial charge in [0, 0.05) is 18.2 Å². The Labute approximate surface area is 211 Å². The summed E-state index contributed by atoms with van der Waals surface area (Å²) in [6.07, 6.45) is 2.40. The van der Waals surface area contributed by atoms with Gasteiger partial charge in [-0.15, -0.1) is 0 Å². The Bertz CT molecular complexity index is 1130. The molecule has 3 aromatic rings. The van der Waals surface area contributed by atoms with E-state index in [2.05, 4.69) is 24.5 Å². The highest BCUT2D eigenvalue weighted by Crippen LogP contribution is 2.34. The summed E-state index contributed by atoms with van der Waals surface area (Å²) in [7, 11) is 0. The third kappa shape index (κ3) is 6.88. The number of anilines is 1. The first kappa shape index (κ1) is 25.3. The maximum atomic E-state index is 13.3. The zero-order chi connectivity index (χ0) is 25.3. The average Bonchev–Trinajstić information content (AvgIpc) is 3.26. The minimum absolute atomic E-state index is 0.0661. The first-order chi connectivity index (χ1) is 17.5. The third-order valence-corrected chi connectivity index (χ3v) is 5.94. The lowest BCUT2D eigenvalue weighted by atomic mass is 9.95. The molecule has 0 saturated carbocycles. The fourth-order valence-corrected chi connectivity index (χ4v) is 4.14. The first-order valence-electron chi connectivity index (χ1n) is 12.3. The minimum atomic E-state index is -0.274. The van der Waals surface area contributed by atoms with Crippen LogP contribution in [0.15, 0.2) is 71.3 Å². The van der Waals surface area contributed by atoms with Crippen molar-refractivity contribution in [2.45, 2.75) is 32.9 Å². The number of fused-ring (bicyclic) bond motifs is 1. The number of nitrogens with zero attached hydrogens (tertiary/aromatic N) is 1. The monoisotopic (exact) mass is 491 g/mol. The number of nitrogens with one attached hydrogen (secondary N) is 2. The van der Waals surface area contributed by atoms with Crippen LogP contribution >= 0.6 is 0 Å². The molecule has 2 N–H and O–H groups in total. The van der Waals surface area contributed by atoms with Crippen LogP contribution in [-0.2, 0) is 16.1 Å². The Morgan fingerprint density at radius 1 is 0.972 bits per heavy atom. The summed E-state index contributed by atoms with van der Waals surface area (Å²) in [6.45, 7) is 5.62. The van der Waals surface area contributed by atoms with Crippen LogP contribution in [0, 0.1) is 5.92 Å². The molecular weight excluding hydrogens is 458 g/mol. The molecule has 1 aliphatic rings. The summed E-state index contributed by atoms with van der Waals surface area (Å²) in [6, 6.07) is 18.6. The van der Waals surface area contributed by atoms with E-state index in [1.54, 1.807) is 30.5 Å². The number of amides is 2. The largest absolute Gasteiger partial charge is 0.490 e. The molecule has 4 rings (SSSR count). The van der Waals surface area contributed by atoms with Gasteiger partial charge in [0.25, 0.3) is 0 Å². The van der Waals surface area contributed by atoms with E-state index >= 15 is 0 Å². The summed E-state index contributed by atoms with van der Waals surface area (Å²) >= 11 is 0. The average molecular weight is 492 g/mol. The van der Waals surface area contributed by atoms with Gasteiger partial charge in [-0.3, -0.25) is 9.59 Å².